The lowest BCUT2D eigenvalue weighted by Crippen LogP contribution is -1.81. The largest absolute Gasteiger partial charge is 0.472 e. The van der Waals surface area contributed by atoms with Crippen molar-refractivity contribution < 1.29 is 4.42 Å². The van der Waals surface area contributed by atoms with Crippen molar-refractivity contribution in [2.24, 2.45) is 0 Å². The lowest BCUT2D eigenvalue weighted by Gasteiger charge is -2.01. The summed E-state index contributed by atoms with van der Waals surface area (Å²) in [7, 11) is 0. The van der Waals surface area contributed by atoms with Crippen LogP contribution in [0.3, 0.4) is 0 Å². The number of nitrogens with zero attached hydrogens (tertiary/aromatic N) is 3. The van der Waals surface area contributed by atoms with Crippen molar-refractivity contribution >= 4 is 21.9 Å². The van der Waals surface area contributed by atoms with Crippen LogP contribution in [0.5, 0.6) is 0 Å². The van der Waals surface area contributed by atoms with Gasteiger partial charge in [-0.2, -0.15) is 5.10 Å². The average Bonchev–Trinajstić information content (AvgIpc) is 3.52. The highest BCUT2D eigenvalue weighted by atomic mass is 16.3. The first kappa shape index (κ1) is 15.8. The topological polar surface area (TPSA) is 83.4 Å². The first-order valence-corrected chi connectivity index (χ1v) is 9.26. The lowest BCUT2D eigenvalue weighted by atomic mass is 10.0. The molecule has 6 nitrogen and oxygen atoms in total. The minimum atomic E-state index is 0.820. The van der Waals surface area contributed by atoms with Gasteiger partial charge < -0.3 is 9.40 Å². The van der Waals surface area contributed by atoms with Crippen LogP contribution >= 0.6 is 0 Å². The fourth-order valence-electron chi connectivity index (χ4n) is 3.77. The van der Waals surface area contributed by atoms with E-state index in [1.807, 2.05) is 24.3 Å². The third kappa shape index (κ3) is 2.54. The Morgan fingerprint density at radius 3 is 2.59 bits per heavy atom. The van der Waals surface area contributed by atoms with Crippen LogP contribution < -0.4 is 0 Å². The molecule has 0 aliphatic carbocycles. The summed E-state index contributed by atoms with van der Waals surface area (Å²) in [5, 5.41) is 9.79. The molecule has 5 aromatic heterocycles. The maximum Gasteiger partial charge on any atom is 0.138 e. The number of hydrogen-bond acceptors (Lipinski definition) is 4. The first-order valence-electron chi connectivity index (χ1n) is 9.26. The fourth-order valence-corrected chi connectivity index (χ4v) is 3.77. The Bertz CT molecular complexity index is 1450. The van der Waals surface area contributed by atoms with E-state index in [1.54, 1.807) is 31.1 Å². The van der Waals surface area contributed by atoms with Gasteiger partial charge in [0, 0.05) is 34.9 Å². The molecule has 2 N–H and O–H groups in total. The molecule has 0 saturated heterocycles. The standard InChI is InChI=1S/C23H15N5O/c1-2-20-19(11-15(1)14-3-7-24-8-4-14)22(28-27-20)21-12-18-17(16-6-10-29-13-16)5-9-25-23(18)26-21/h1-13H,(H,25,26)(H,27,28). The molecule has 0 aliphatic heterocycles. The molecule has 29 heavy (non-hydrogen) atoms. The number of nitrogens with one attached hydrogen (secondary N) is 2. The zero-order chi connectivity index (χ0) is 19.2. The van der Waals surface area contributed by atoms with Gasteiger partial charge in [-0.15, -0.1) is 0 Å². The van der Waals surface area contributed by atoms with Crippen LogP contribution in [-0.4, -0.2) is 25.1 Å². The van der Waals surface area contributed by atoms with E-state index < -0.39 is 0 Å². The minimum absolute atomic E-state index is 0.820. The molecule has 0 radical (unpaired) electrons. The summed E-state index contributed by atoms with van der Waals surface area (Å²) >= 11 is 0. The Labute approximate surface area is 165 Å². The molecule has 0 bridgehead atoms. The molecule has 138 valence electrons. The summed E-state index contributed by atoms with van der Waals surface area (Å²) < 4.78 is 5.26. The van der Waals surface area contributed by atoms with Gasteiger partial charge in [0.25, 0.3) is 0 Å². The number of pyridine rings is 2. The van der Waals surface area contributed by atoms with Crippen LogP contribution in [0.15, 0.2) is 84.1 Å². The van der Waals surface area contributed by atoms with Gasteiger partial charge >= 0.3 is 0 Å². The maximum absolute atomic E-state index is 5.26. The van der Waals surface area contributed by atoms with E-state index in [2.05, 4.69) is 49.4 Å². The Kier molecular flexibility index (Phi) is 3.37. The number of benzene rings is 1. The zero-order valence-corrected chi connectivity index (χ0v) is 15.3. The summed E-state index contributed by atoms with van der Waals surface area (Å²) in [5.41, 5.74) is 7.93. The zero-order valence-electron chi connectivity index (χ0n) is 15.3. The second-order valence-electron chi connectivity index (χ2n) is 6.88. The first-order chi connectivity index (χ1) is 14.4. The molecule has 0 atom stereocenters. The molecule has 0 unspecified atom stereocenters. The normalized spacial score (nSPS) is 11.4. The number of fused-ring (bicyclic) bond motifs is 2. The van der Waals surface area contributed by atoms with Gasteiger partial charge in [-0.1, -0.05) is 6.07 Å². The Balaban J connectivity index is 1.53. The molecule has 6 heteroatoms. The Morgan fingerprint density at radius 2 is 1.72 bits per heavy atom. The van der Waals surface area contributed by atoms with Gasteiger partial charge in [-0.25, -0.2) is 4.98 Å². The van der Waals surface area contributed by atoms with Gasteiger partial charge in [-0.05, 0) is 59.2 Å². The lowest BCUT2D eigenvalue weighted by molar-refractivity contribution is 0.568. The molecule has 0 spiro atoms. The van der Waals surface area contributed by atoms with Crippen LogP contribution in [0.1, 0.15) is 0 Å². The monoisotopic (exact) mass is 377 g/mol. The number of H-pyrrole nitrogens is 2. The van der Waals surface area contributed by atoms with E-state index in [1.165, 1.54) is 0 Å². The Morgan fingerprint density at radius 1 is 0.793 bits per heavy atom. The number of aromatic nitrogens is 5. The summed E-state index contributed by atoms with van der Waals surface area (Å²) in [5.74, 6) is 0. The van der Waals surface area contributed by atoms with E-state index in [0.29, 0.717) is 0 Å². The third-order valence-electron chi connectivity index (χ3n) is 5.20. The second kappa shape index (κ2) is 6.17. The van der Waals surface area contributed by atoms with Crippen molar-refractivity contribution in [3.8, 4) is 33.6 Å². The molecule has 5 heterocycles. The molecular formula is C23H15N5O. The average molecular weight is 377 g/mol. The molecule has 0 saturated carbocycles. The van der Waals surface area contributed by atoms with Crippen molar-refractivity contribution in [1.29, 1.82) is 0 Å². The van der Waals surface area contributed by atoms with Gasteiger partial charge in [0.2, 0.25) is 0 Å². The summed E-state index contributed by atoms with van der Waals surface area (Å²) in [6.45, 7) is 0. The maximum atomic E-state index is 5.26. The van der Waals surface area contributed by atoms with Gasteiger partial charge in [0.15, 0.2) is 0 Å². The van der Waals surface area contributed by atoms with E-state index in [4.69, 9.17) is 4.42 Å². The summed E-state index contributed by atoms with van der Waals surface area (Å²) in [4.78, 5) is 12.0. The predicted octanol–water partition coefficient (Wildman–Crippen LogP) is 5.43. The third-order valence-corrected chi connectivity index (χ3v) is 5.20. The van der Waals surface area contributed by atoms with E-state index in [-0.39, 0.29) is 0 Å². The highest BCUT2D eigenvalue weighted by molar-refractivity contribution is 6.00. The predicted molar refractivity (Wildman–Crippen MR) is 112 cm³/mol. The number of aromatic amines is 2. The van der Waals surface area contributed by atoms with Crippen molar-refractivity contribution in [2.45, 2.75) is 0 Å². The fraction of sp³-hybridized carbons (Fsp3) is 0. The van der Waals surface area contributed by atoms with Crippen LogP contribution in [0.4, 0.5) is 0 Å². The highest BCUT2D eigenvalue weighted by Gasteiger charge is 2.15. The van der Waals surface area contributed by atoms with Crippen LogP contribution in [0.2, 0.25) is 0 Å². The SMILES string of the molecule is c1cc(-c2ccc3[nH]nc(-c4cc5c(-c6ccoc6)ccnc5[nH]4)c3c2)ccn1. The molecule has 1 aromatic carbocycles. The van der Waals surface area contributed by atoms with Crippen LogP contribution in [0.25, 0.3) is 55.6 Å². The van der Waals surface area contributed by atoms with Crippen molar-refractivity contribution in [2.75, 3.05) is 0 Å². The number of furan rings is 1. The second-order valence-corrected chi connectivity index (χ2v) is 6.88. The Hall–Kier alpha value is -4.19. The van der Waals surface area contributed by atoms with Crippen LogP contribution in [0, 0.1) is 0 Å². The minimum Gasteiger partial charge on any atom is -0.472 e. The molecule has 6 rings (SSSR count). The molecule has 6 aromatic rings. The van der Waals surface area contributed by atoms with Crippen molar-refractivity contribution in [3.05, 3.63) is 79.6 Å². The number of rotatable bonds is 3. The molecule has 0 aliphatic rings. The van der Waals surface area contributed by atoms with E-state index in [9.17, 15) is 0 Å². The smallest absolute Gasteiger partial charge is 0.138 e. The quantitative estimate of drug-likeness (QED) is 0.431. The van der Waals surface area contributed by atoms with Gasteiger partial charge in [0.05, 0.1) is 23.7 Å². The van der Waals surface area contributed by atoms with Crippen LogP contribution in [-0.2, 0) is 0 Å². The van der Waals surface area contributed by atoms with E-state index in [0.717, 1.165) is 55.6 Å². The highest BCUT2D eigenvalue weighted by Crippen LogP contribution is 2.34. The van der Waals surface area contributed by atoms with Crippen molar-refractivity contribution in [1.82, 2.24) is 25.1 Å². The van der Waals surface area contributed by atoms with E-state index >= 15 is 0 Å². The molecule has 0 amide bonds. The molecule has 0 fully saturated rings. The summed E-state index contributed by atoms with van der Waals surface area (Å²) in [6.07, 6.45) is 8.83. The number of hydrogen-bond donors (Lipinski definition) is 2. The molecular weight excluding hydrogens is 362 g/mol. The van der Waals surface area contributed by atoms with Gasteiger partial charge in [-0.3, -0.25) is 10.1 Å². The van der Waals surface area contributed by atoms with Gasteiger partial charge in [0.1, 0.15) is 11.3 Å². The van der Waals surface area contributed by atoms with Crippen molar-refractivity contribution in [3.63, 3.8) is 0 Å². The summed E-state index contributed by atoms with van der Waals surface area (Å²) in [6, 6.07) is 16.3.